The summed E-state index contributed by atoms with van der Waals surface area (Å²) in [6, 6.07) is 14.8. The SMILES string of the molecule is Fc1cc(Cl)ccc1NC1=NC(c2ccccc2)CS1. The van der Waals surface area contributed by atoms with E-state index in [4.69, 9.17) is 11.6 Å². The van der Waals surface area contributed by atoms with E-state index in [0.29, 0.717) is 10.7 Å². The summed E-state index contributed by atoms with van der Waals surface area (Å²) in [6.45, 7) is 0. The molecule has 1 aliphatic heterocycles. The van der Waals surface area contributed by atoms with Crippen molar-refractivity contribution in [3.63, 3.8) is 0 Å². The molecule has 102 valence electrons. The Balaban J connectivity index is 1.76. The van der Waals surface area contributed by atoms with E-state index in [9.17, 15) is 4.39 Å². The second-order valence-electron chi connectivity index (χ2n) is 4.42. The minimum Gasteiger partial charge on any atom is -0.333 e. The molecule has 0 amide bonds. The van der Waals surface area contributed by atoms with E-state index in [2.05, 4.69) is 22.4 Å². The summed E-state index contributed by atoms with van der Waals surface area (Å²) < 4.78 is 13.7. The molecule has 2 aromatic rings. The molecule has 1 aliphatic rings. The van der Waals surface area contributed by atoms with Gasteiger partial charge >= 0.3 is 0 Å². The van der Waals surface area contributed by atoms with Crippen LogP contribution in [0, 0.1) is 5.82 Å². The molecule has 0 fully saturated rings. The Hall–Kier alpha value is -1.52. The van der Waals surface area contributed by atoms with Crippen LogP contribution >= 0.6 is 23.4 Å². The zero-order chi connectivity index (χ0) is 13.9. The topological polar surface area (TPSA) is 24.4 Å². The first-order valence-electron chi connectivity index (χ1n) is 6.20. The average molecular weight is 307 g/mol. The third-order valence-electron chi connectivity index (χ3n) is 3.01. The van der Waals surface area contributed by atoms with Gasteiger partial charge < -0.3 is 5.32 Å². The van der Waals surface area contributed by atoms with Gasteiger partial charge in [0.1, 0.15) is 5.82 Å². The van der Waals surface area contributed by atoms with Crippen LogP contribution in [0.5, 0.6) is 0 Å². The first-order chi connectivity index (χ1) is 9.72. The lowest BCUT2D eigenvalue weighted by atomic mass is 10.1. The number of nitrogens with one attached hydrogen (secondary N) is 1. The molecule has 1 unspecified atom stereocenters. The van der Waals surface area contributed by atoms with Gasteiger partial charge in [-0.15, -0.1) is 0 Å². The maximum Gasteiger partial charge on any atom is 0.161 e. The highest BCUT2D eigenvalue weighted by Gasteiger charge is 2.20. The van der Waals surface area contributed by atoms with Crippen LogP contribution in [0.15, 0.2) is 53.5 Å². The molecule has 1 heterocycles. The maximum atomic E-state index is 13.7. The molecule has 0 saturated carbocycles. The number of benzene rings is 2. The van der Waals surface area contributed by atoms with E-state index < -0.39 is 0 Å². The number of hydrogen-bond donors (Lipinski definition) is 1. The van der Waals surface area contributed by atoms with Crippen LogP contribution in [0.4, 0.5) is 10.1 Å². The molecule has 0 spiro atoms. The van der Waals surface area contributed by atoms with Crippen molar-refractivity contribution in [1.29, 1.82) is 0 Å². The highest BCUT2D eigenvalue weighted by atomic mass is 35.5. The van der Waals surface area contributed by atoms with Gasteiger partial charge in [-0.2, -0.15) is 0 Å². The second kappa shape index (κ2) is 5.85. The van der Waals surface area contributed by atoms with Gasteiger partial charge in [-0.25, -0.2) is 4.39 Å². The Morgan fingerprint density at radius 2 is 2.00 bits per heavy atom. The van der Waals surface area contributed by atoms with Crippen LogP contribution in [-0.2, 0) is 0 Å². The Morgan fingerprint density at radius 3 is 2.75 bits per heavy atom. The fourth-order valence-electron chi connectivity index (χ4n) is 1.99. The first kappa shape index (κ1) is 13.5. The molecule has 0 saturated heterocycles. The summed E-state index contributed by atoms with van der Waals surface area (Å²) in [5.74, 6) is 0.491. The van der Waals surface area contributed by atoms with Crippen LogP contribution in [0.2, 0.25) is 5.02 Å². The minimum absolute atomic E-state index is 0.124. The minimum atomic E-state index is -0.371. The molecule has 0 radical (unpaired) electrons. The lowest BCUT2D eigenvalue weighted by Gasteiger charge is -2.06. The van der Waals surface area contributed by atoms with Gasteiger partial charge in [0, 0.05) is 10.8 Å². The molecule has 0 bridgehead atoms. The van der Waals surface area contributed by atoms with E-state index in [1.807, 2.05) is 18.2 Å². The van der Waals surface area contributed by atoms with Crippen LogP contribution < -0.4 is 5.32 Å². The molecular formula is C15H12ClFN2S. The summed E-state index contributed by atoms with van der Waals surface area (Å²) in [4.78, 5) is 4.59. The van der Waals surface area contributed by atoms with Crippen LogP contribution in [0.25, 0.3) is 0 Å². The van der Waals surface area contributed by atoms with Gasteiger partial charge in [0.2, 0.25) is 0 Å². The van der Waals surface area contributed by atoms with Gasteiger partial charge in [0.05, 0.1) is 11.7 Å². The third-order valence-corrected chi connectivity index (χ3v) is 4.21. The number of halogens is 2. The predicted octanol–water partition coefficient (Wildman–Crippen LogP) is 4.74. The Morgan fingerprint density at radius 1 is 1.20 bits per heavy atom. The number of aliphatic imine (C=N–C) groups is 1. The maximum absolute atomic E-state index is 13.7. The van der Waals surface area contributed by atoms with Gasteiger partial charge in [-0.05, 0) is 23.8 Å². The monoisotopic (exact) mass is 306 g/mol. The van der Waals surface area contributed by atoms with Crippen LogP contribution in [-0.4, -0.2) is 10.9 Å². The Bertz CT molecular complexity index is 646. The molecule has 2 nitrogen and oxygen atoms in total. The lowest BCUT2D eigenvalue weighted by molar-refractivity contribution is 0.632. The van der Waals surface area contributed by atoms with Crippen molar-refractivity contribution >= 4 is 34.2 Å². The van der Waals surface area contributed by atoms with Gasteiger partial charge in [0.25, 0.3) is 0 Å². The summed E-state index contributed by atoms with van der Waals surface area (Å²) in [5, 5.41) is 4.14. The number of nitrogens with zero attached hydrogens (tertiary/aromatic N) is 1. The van der Waals surface area contributed by atoms with Crippen molar-refractivity contribution in [1.82, 2.24) is 0 Å². The Labute approximate surface area is 126 Å². The summed E-state index contributed by atoms with van der Waals surface area (Å²) >= 11 is 7.33. The molecule has 0 aliphatic carbocycles. The van der Waals surface area contributed by atoms with Crippen molar-refractivity contribution in [3.8, 4) is 0 Å². The van der Waals surface area contributed by atoms with E-state index in [1.54, 1.807) is 23.9 Å². The molecule has 5 heteroatoms. The summed E-state index contributed by atoms with van der Waals surface area (Å²) in [7, 11) is 0. The number of anilines is 1. The molecule has 2 aromatic carbocycles. The lowest BCUT2D eigenvalue weighted by Crippen LogP contribution is -2.06. The van der Waals surface area contributed by atoms with Crippen molar-refractivity contribution in [3.05, 3.63) is 64.9 Å². The quantitative estimate of drug-likeness (QED) is 0.867. The number of thioether (sulfide) groups is 1. The second-order valence-corrected chi connectivity index (χ2v) is 5.87. The number of amidine groups is 1. The standard InChI is InChI=1S/C15H12ClFN2S/c16-11-6-7-13(12(17)8-11)18-15-19-14(9-20-15)10-4-2-1-3-5-10/h1-8,14H,9H2,(H,18,19). The van der Waals surface area contributed by atoms with Crippen LogP contribution in [0.3, 0.4) is 0 Å². The number of rotatable bonds is 2. The van der Waals surface area contributed by atoms with Crippen molar-refractivity contribution in [2.45, 2.75) is 6.04 Å². The highest BCUT2D eigenvalue weighted by molar-refractivity contribution is 8.14. The molecular weight excluding hydrogens is 295 g/mol. The van der Waals surface area contributed by atoms with E-state index in [0.717, 1.165) is 10.9 Å². The van der Waals surface area contributed by atoms with Crippen molar-refractivity contribution < 1.29 is 4.39 Å². The third kappa shape index (κ3) is 2.97. The fraction of sp³-hybridized carbons (Fsp3) is 0.133. The molecule has 0 aromatic heterocycles. The fourth-order valence-corrected chi connectivity index (χ4v) is 3.12. The first-order valence-corrected chi connectivity index (χ1v) is 7.56. The van der Waals surface area contributed by atoms with Crippen molar-refractivity contribution in [2.75, 3.05) is 11.1 Å². The summed E-state index contributed by atoms with van der Waals surface area (Å²) in [6.07, 6.45) is 0. The van der Waals surface area contributed by atoms with Gasteiger partial charge in [-0.1, -0.05) is 53.7 Å². The van der Waals surface area contributed by atoms with E-state index >= 15 is 0 Å². The molecule has 20 heavy (non-hydrogen) atoms. The Kier molecular flexibility index (Phi) is 3.94. The van der Waals surface area contributed by atoms with Crippen molar-refractivity contribution in [2.24, 2.45) is 4.99 Å². The largest absolute Gasteiger partial charge is 0.333 e. The van der Waals surface area contributed by atoms with E-state index in [1.165, 1.54) is 11.6 Å². The summed E-state index contributed by atoms with van der Waals surface area (Å²) in [5.41, 5.74) is 1.57. The van der Waals surface area contributed by atoms with E-state index in [-0.39, 0.29) is 11.9 Å². The zero-order valence-corrected chi connectivity index (χ0v) is 12.1. The molecule has 1 atom stereocenters. The van der Waals surface area contributed by atoms with Gasteiger partial charge in [-0.3, -0.25) is 4.99 Å². The predicted molar refractivity (Wildman–Crippen MR) is 84.1 cm³/mol. The molecule has 1 N–H and O–H groups in total. The van der Waals surface area contributed by atoms with Gasteiger partial charge in [0.15, 0.2) is 5.17 Å². The smallest absolute Gasteiger partial charge is 0.161 e. The van der Waals surface area contributed by atoms with Crippen LogP contribution in [0.1, 0.15) is 11.6 Å². The molecule has 3 rings (SSSR count). The average Bonchev–Trinajstić information content (AvgIpc) is 2.92. The highest BCUT2D eigenvalue weighted by Crippen LogP contribution is 2.31. The zero-order valence-electron chi connectivity index (χ0n) is 10.5. The normalized spacial score (nSPS) is 17.9. The number of hydrogen-bond acceptors (Lipinski definition) is 3.